The fourth-order valence-electron chi connectivity index (χ4n) is 3.44. The zero-order chi connectivity index (χ0) is 20.1. The second-order valence-corrected chi connectivity index (χ2v) is 6.63. The van der Waals surface area contributed by atoms with Crippen LogP contribution in [0.1, 0.15) is 29.0 Å². The molecular formula is C23H20N4O2. The molecule has 1 amide bonds. The number of hydrogen-bond acceptors (Lipinski definition) is 5. The third-order valence-electron chi connectivity index (χ3n) is 4.77. The molecule has 0 aliphatic heterocycles. The quantitative estimate of drug-likeness (QED) is 0.532. The lowest BCUT2D eigenvalue weighted by Gasteiger charge is -2.14. The van der Waals surface area contributed by atoms with Crippen molar-refractivity contribution in [1.29, 1.82) is 0 Å². The van der Waals surface area contributed by atoms with Gasteiger partial charge in [0.25, 0.3) is 0 Å². The van der Waals surface area contributed by atoms with Crippen molar-refractivity contribution in [3.63, 3.8) is 0 Å². The molecule has 29 heavy (non-hydrogen) atoms. The van der Waals surface area contributed by atoms with Gasteiger partial charge < -0.3 is 15.8 Å². The molecule has 6 heteroatoms. The van der Waals surface area contributed by atoms with Crippen LogP contribution >= 0.6 is 0 Å². The van der Waals surface area contributed by atoms with Gasteiger partial charge in [0.15, 0.2) is 0 Å². The van der Waals surface area contributed by atoms with E-state index < -0.39 is 6.09 Å². The number of hydrogen-bond donors (Lipinski definition) is 2. The van der Waals surface area contributed by atoms with Crippen LogP contribution in [0, 0.1) is 11.8 Å². The molecule has 3 N–H and O–H groups in total. The van der Waals surface area contributed by atoms with Crippen molar-refractivity contribution in [3.8, 4) is 23.0 Å². The van der Waals surface area contributed by atoms with Gasteiger partial charge in [-0.15, -0.1) is 0 Å². The van der Waals surface area contributed by atoms with Gasteiger partial charge in [0.1, 0.15) is 6.61 Å². The van der Waals surface area contributed by atoms with E-state index in [4.69, 9.17) is 10.5 Å². The molecule has 0 fully saturated rings. The van der Waals surface area contributed by atoms with Crippen molar-refractivity contribution in [3.05, 3.63) is 77.6 Å². The van der Waals surface area contributed by atoms with E-state index in [0.717, 1.165) is 0 Å². The van der Waals surface area contributed by atoms with Gasteiger partial charge in [0.05, 0.1) is 5.56 Å². The molecule has 1 aromatic heterocycles. The van der Waals surface area contributed by atoms with Gasteiger partial charge in [-0.25, -0.2) is 14.8 Å². The Morgan fingerprint density at radius 2 is 1.66 bits per heavy atom. The first-order chi connectivity index (χ1) is 14.2. The minimum atomic E-state index is -0.440. The van der Waals surface area contributed by atoms with E-state index in [1.54, 1.807) is 12.4 Å². The minimum absolute atomic E-state index is 0.0541. The number of benzene rings is 2. The van der Waals surface area contributed by atoms with E-state index in [9.17, 15) is 4.79 Å². The fraction of sp³-hybridized carbons (Fsp3) is 0.174. The number of amides is 1. The Labute approximate surface area is 169 Å². The normalized spacial score (nSPS) is 11.7. The number of nitrogens with one attached hydrogen (secondary N) is 1. The number of carbonyl (C=O) groups excluding carboxylic acids is 1. The molecule has 1 aliphatic carbocycles. The number of nitrogens with two attached hydrogens (primary N) is 1. The maximum atomic E-state index is 12.1. The van der Waals surface area contributed by atoms with Crippen LogP contribution in [-0.2, 0) is 4.74 Å². The molecule has 144 valence electrons. The molecule has 0 saturated heterocycles. The molecule has 1 heterocycles. The van der Waals surface area contributed by atoms with Crippen LogP contribution < -0.4 is 11.1 Å². The number of nitrogen functional groups attached to an aromatic ring is 1. The lowest BCUT2D eigenvalue weighted by Crippen LogP contribution is -2.26. The van der Waals surface area contributed by atoms with Crippen molar-refractivity contribution in [2.24, 2.45) is 0 Å². The van der Waals surface area contributed by atoms with Crippen LogP contribution in [0.5, 0.6) is 0 Å². The Morgan fingerprint density at radius 3 is 2.31 bits per heavy atom. The van der Waals surface area contributed by atoms with E-state index in [1.165, 1.54) is 22.3 Å². The molecule has 2 aromatic carbocycles. The van der Waals surface area contributed by atoms with Gasteiger partial charge in [0.2, 0.25) is 5.95 Å². The summed E-state index contributed by atoms with van der Waals surface area (Å²) in [5.41, 5.74) is 10.9. The summed E-state index contributed by atoms with van der Waals surface area (Å²) in [6.45, 7) is 0.702. The molecule has 0 radical (unpaired) electrons. The van der Waals surface area contributed by atoms with Gasteiger partial charge in [-0.1, -0.05) is 60.4 Å². The highest BCUT2D eigenvalue weighted by Gasteiger charge is 2.28. The van der Waals surface area contributed by atoms with Crippen LogP contribution in [0.25, 0.3) is 11.1 Å². The first kappa shape index (κ1) is 18.5. The second kappa shape index (κ2) is 8.44. The highest BCUT2D eigenvalue weighted by molar-refractivity contribution is 5.79. The molecule has 3 aromatic rings. The molecule has 4 rings (SSSR count). The van der Waals surface area contributed by atoms with E-state index in [2.05, 4.69) is 51.4 Å². The molecule has 6 nitrogen and oxygen atoms in total. The Balaban J connectivity index is 1.29. The Bertz CT molecular complexity index is 1040. The highest BCUT2D eigenvalue weighted by Crippen LogP contribution is 2.44. The number of aromatic nitrogens is 2. The number of carbonyl (C=O) groups is 1. The van der Waals surface area contributed by atoms with Gasteiger partial charge in [0, 0.05) is 31.3 Å². The Kier molecular flexibility index (Phi) is 5.39. The first-order valence-corrected chi connectivity index (χ1v) is 9.37. The lowest BCUT2D eigenvalue weighted by atomic mass is 9.98. The number of ether oxygens (including phenoxy) is 1. The van der Waals surface area contributed by atoms with Crippen molar-refractivity contribution in [2.75, 3.05) is 18.9 Å². The number of rotatable bonds is 4. The van der Waals surface area contributed by atoms with E-state index in [-0.39, 0.29) is 11.9 Å². The van der Waals surface area contributed by atoms with E-state index in [0.29, 0.717) is 25.1 Å². The largest absolute Gasteiger partial charge is 0.449 e. The van der Waals surface area contributed by atoms with Gasteiger partial charge in [-0.05, 0) is 22.3 Å². The van der Waals surface area contributed by atoms with Crippen molar-refractivity contribution < 1.29 is 9.53 Å². The molecule has 0 spiro atoms. The molecule has 0 saturated carbocycles. The number of nitrogens with zero attached hydrogens (tertiary/aromatic N) is 2. The van der Waals surface area contributed by atoms with Crippen LogP contribution in [0.3, 0.4) is 0 Å². The molecule has 1 aliphatic rings. The summed E-state index contributed by atoms with van der Waals surface area (Å²) >= 11 is 0. The molecule has 0 bridgehead atoms. The SMILES string of the molecule is Nc1ncc(C#CCCNC(=O)OCC2c3ccccc3-c3ccccc32)cn1. The summed E-state index contributed by atoms with van der Waals surface area (Å²) in [7, 11) is 0. The van der Waals surface area contributed by atoms with Gasteiger partial charge in [-0.3, -0.25) is 0 Å². The van der Waals surface area contributed by atoms with Gasteiger partial charge >= 0.3 is 6.09 Å². The summed E-state index contributed by atoms with van der Waals surface area (Å²) in [5.74, 6) is 6.15. The van der Waals surface area contributed by atoms with Crippen LogP contribution in [-0.4, -0.2) is 29.2 Å². The minimum Gasteiger partial charge on any atom is -0.449 e. The third kappa shape index (κ3) is 4.19. The fourth-order valence-corrected chi connectivity index (χ4v) is 3.44. The van der Waals surface area contributed by atoms with Gasteiger partial charge in [-0.2, -0.15) is 0 Å². The van der Waals surface area contributed by atoms with E-state index in [1.807, 2.05) is 24.3 Å². The first-order valence-electron chi connectivity index (χ1n) is 9.37. The van der Waals surface area contributed by atoms with E-state index >= 15 is 0 Å². The standard InChI is InChI=1S/C23H20N4O2/c24-22-26-13-16(14-27-22)7-5-6-12-25-23(28)29-15-21-19-10-3-1-8-17(19)18-9-2-4-11-20(18)21/h1-4,8-11,13-14,21H,6,12,15H2,(H,25,28)(H2,24,26,27). The summed E-state index contributed by atoms with van der Waals surface area (Å²) in [6, 6.07) is 16.5. The van der Waals surface area contributed by atoms with Crippen molar-refractivity contribution in [1.82, 2.24) is 15.3 Å². The average Bonchev–Trinajstić information content (AvgIpc) is 3.07. The zero-order valence-corrected chi connectivity index (χ0v) is 15.8. The topological polar surface area (TPSA) is 90.1 Å². The maximum absolute atomic E-state index is 12.1. The predicted octanol–water partition coefficient (Wildman–Crippen LogP) is 3.34. The predicted molar refractivity (Wildman–Crippen MR) is 111 cm³/mol. The lowest BCUT2D eigenvalue weighted by molar-refractivity contribution is 0.143. The second-order valence-electron chi connectivity index (χ2n) is 6.63. The molecule has 0 unspecified atom stereocenters. The summed E-state index contributed by atoms with van der Waals surface area (Å²) in [4.78, 5) is 19.8. The number of fused-ring (bicyclic) bond motifs is 3. The molecule has 0 atom stereocenters. The number of alkyl carbamates (subject to hydrolysis) is 1. The summed E-state index contributed by atoms with van der Waals surface area (Å²) in [6.07, 6.45) is 3.18. The van der Waals surface area contributed by atoms with Crippen LogP contribution in [0.4, 0.5) is 10.7 Å². The average molecular weight is 384 g/mol. The number of anilines is 1. The smallest absolute Gasteiger partial charge is 0.407 e. The maximum Gasteiger partial charge on any atom is 0.407 e. The van der Waals surface area contributed by atoms with Crippen LogP contribution in [0.2, 0.25) is 0 Å². The third-order valence-corrected chi connectivity index (χ3v) is 4.77. The Hall–Kier alpha value is -3.85. The van der Waals surface area contributed by atoms with Crippen LogP contribution in [0.15, 0.2) is 60.9 Å². The van der Waals surface area contributed by atoms with Crippen molar-refractivity contribution >= 4 is 12.0 Å². The summed E-state index contributed by atoms with van der Waals surface area (Å²) < 4.78 is 5.49. The zero-order valence-electron chi connectivity index (χ0n) is 15.8. The Morgan fingerprint density at radius 1 is 1.03 bits per heavy atom. The van der Waals surface area contributed by atoms with Crippen molar-refractivity contribution in [2.45, 2.75) is 12.3 Å². The summed E-state index contributed by atoms with van der Waals surface area (Å²) in [5, 5.41) is 2.74. The molecular weight excluding hydrogens is 364 g/mol. The monoisotopic (exact) mass is 384 g/mol. The highest BCUT2D eigenvalue weighted by atomic mass is 16.5.